The number of rotatable bonds is 6. The number of nitrogens with one attached hydrogen (secondary N) is 1. The molecule has 4 heteroatoms. The highest BCUT2D eigenvalue weighted by molar-refractivity contribution is 5.94. The lowest BCUT2D eigenvalue weighted by Gasteiger charge is -2.03. The zero-order valence-electron chi connectivity index (χ0n) is 8.85. The average molecular weight is 220 g/mol. The Balaban J connectivity index is 2.19. The minimum absolute atomic E-state index is 0.123. The van der Waals surface area contributed by atoms with Gasteiger partial charge in [0.2, 0.25) is 0 Å². The van der Waals surface area contributed by atoms with Gasteiger partial charge in [-0.1, -0.05) is 18.2 Å². The zero-order valence-corrected chi connectivity index (χ0v) is 8.85. The van der Waals surface area contributed by atoms with Crippen LogP contribution in [0.25, 0.3) is 0 Å². The Bertz CT molecular complexity index is 349. The molecule has 0 aliphatic carbocycles. The summed E-state index contributed by atoms with van der Waals surface area (Å²) in [6, 6.07) is 8.87. The minimum Gasteiger partial charge on any atom is -0.481 e. The molecule has 0 heterocycles. The van der Waals surface area contributed by atoms with E-state index in [1.54, 1.807) is 30.8 Å². The molecule has 1 aromatic carbocycles. The first-order chi connectivity index (χ1) is 7.70. The predicted molar refractivity (Wildman–Crippen MR) is 59.7 cm³/mol. The predicted octanol–water partition coefficient (Wildman–Crippen LogP) is 1.83. The van der Waals surface area contributed by atoms with E-state index in [-0.39, 0.29) is 12.3 Å². The van der Waals surface area contributed by atoms with Gasteiger partial charge >= 0.3 is 5.97 Å². The van der Waals surface area contributed by atoms with Crippen LogP contribution in [0.4, 0.5) is 0 Å². The normalized spacial score (nSPS) is 9.75. The van der Waals surface area contributed by atoms with Crippen LogP contribution >= 0.6 is 0 Å². The molecule has 0 aliphatic rings. The van der Waals surface area contributed by atoms with Gasteiger partial charge in [0.1, 0.15) is 0 Å². The quantitative estimate of drug-likeness (QED) is 0.719. The molecule has 0 unspecified atom stereocenters. The molecule has 2 N–H and O–H groups in total. The van der Waals surface area contributed by atoms with E-state index in [4.69, 9.17) is 5.11 Å². The SMILES string of the molecule is O=C(O)CCC[CH]NC(=O)c1ccccc1. The van der Waals surface area contributed by atoms with Gasteiger partial charge in [-0.25, -0.2) is 0 Å². The molecule has 0 spiro atoms. The van der Waals surface area contributed by atoms with Crippen LogP contribution in [0.2, 0.25) is 0 Å². The van der Waals surface area contributed by atoms with Gasteiger partial charge in [0.05, 0.1) is 0 Å². The molecule has 0 bridgehead atoms. The number of aliphatic carboxylic acids is 1. The smallest absolute Gasteiger partial charge is 0.303 e. The van der Waals surface area contributed by atoms with E-state index >= 15 is 0 Å². The van der Waals surface area contributed by atoms with Crippen molar-refractivity contribution in [2.24, 2.45) is 0 Å². The number of carbonyl (C=O) groups is 2. The molecule has 0 saturated carbocycles. The van der Waals surface area contributed by atoms with E-state index in [1.165, 1.54) is 0 Å². The highest BCUT2D eigenvalue weighted by Gasteiger charge is 2.03. The monoisotopic (exact) mass is 220 g/mol. The van der Waals surface area contributed by atoms with Crippen molar-refractivity contribution < 1.29 is 14.7 Å². The third kappa shape index (κ3) is 4.59. The number of benzene rings is 1. The fourth-order valence-electron chi connectivity index (χ4n) is 1.19. The Hall–Kier alpha value is -1.84. The molecule has 1 radical (unpaired) electrons. The molecule has 4 nitrogen and oxygen atoms in total. The maximum Gasteiger partial charge on any atom is 0.303 e. The van der Waals surface area contributed by atoms with Crippen molar-refractivity contribution in [1.29, 1.82) is 0 Å². The highest BCUT2D eigenvalue weighted by Crippen LogP contribution is 2.00. The summed E-state index contributed by atoms with van der Waals surface area (Å²) < 4.78 is 0. The second-order valence-corrected chi connectivity index (χ2v) is 3.33. The summed E-state index contributed by atoms with van der Waals surface area (Å²) in [5.41, 5.74) is 0.594. The molecule has 1 aromatic rings. The number of unbranched alkanes of at least 4 members (excludes halogenated alkanes) is 1. The van der Waals surface area contributed by atoms with Crippen molar-refractivity contribution in [2.75, 3.05) is 0 Å². The van der Waals surface area contributed by atoms with E-state index in [0.717, 1.165) is 0 Å². The Morgan fingerprint density at radius 2 is 1.94 bits per heavy atom. The van der Waals surface area contributed by atoms with Gasteiger partial charge in [-0.15, -0.1) is 0 Å². The summed E-state index contributed by atoms with van der Waals surface area (Å²) in [6.07, 6.45) is 1.22. The van der Waals surface area contributed by atoms with Crippen LogP contribution in [0.3, 0.4) is 0 Å². The lowest BCUT2D eigenvalue weighted by molar-refractivity contribution is -0.137. The van der Waals surface area contributed by atoms with E-state index in [0.29, 0.717) is 18.4 Å². The third-order valence-electron chi connectivity index (χ3n) is 2.01. The van der Waals surface area contributed by atoms with Gasteiger partial charge in [0.25, 0.3) is 5.91 Å². The fraction of sp³-hybridized carbons (Fsp3) is 0.250. The van der Waals surface area contributed by atoms with Crippen LogP contribution in [0.15, 0.2) is 30.3 Å². The molecule has 0 atom stereocenters. The van der Waals surface area contributed by atoms with E-state index in [2.05, 4.69) is 5.32 Å². The Morgan fingerprint density at radius 1 is 1.25 bits per heavy atom. The molecule has 1 rings (SSSR count). The van der Waals surface area contributed by atoms with Crippen LogP contribution in [0.1, 0.15) is 29.6 Å². The second-order valence-electron chi connectivity index (χ2n) is 3.33. The van der Waals surface area contributed by atoms with Crippen molar-refractivity contribution >= 4 is 11.9 Å². The van der Waals surface area contributed by atoms with Gasteiger partial charge in [-0.3, -0.25) is 9.59 Å². The van der Waals surface area contributed by atoms with Crippen molar-refractivity contribution in [3.05, 3.63) is 42.4 Å². The van der Waals surface area contributed by atoms with Crippen molar-refractivity contribution in [3.8, 4) is 0 Å². The maximum atomic E-state index is 11.5. The average Bonchev–Trinajstić information content (AvgIpc) is 2.29. The Labute approximate surface area is 94.3 Å². The number of hydrogen-bond donors (Lipinski definition) is 2. The third-order valence-corrected chi connectivity index (χ3v) is 2.01. The van der Waals surface area contributed by atoms with Gasteiger partial charge < -0.3 is 10.4 Å². The lowest BCUT2D eigenvalue weighted by Crippen LogP contribution is -2.20. The number of hydrogen-bond acceptors (Lipinski definition) is 2. The van der Waals surface area contributed by atoms with E-state index in [9.17, 15) is 9.59 Å². The van der Waals surface area contributed by atoms with Crippen LogP contribution < -0.4 is 5.32 Å². The van der Waals surface area contributed by atoms with Gasteiger partial charge in [0, 0.05) is 18.5 Å². The Kier molecular flexibility index (Phi) is 5.05. The van der Waals surface area contributed by atoms with Crippen LogP contribution in [0, 0.1) is 6.54 Å². The van der Waals surface area contributed by atoms with E-state index in [1.807, 2.05) is 6.07 Å². The molecule has 16 heavy (non-hydrogen) atoms. The summed E-state index contributed by atoms with van der Waals surface area (Å²) >= 11 is 0. The Morgan fingerprint density at radius 3 is 2.56 bits per heavy atom. The van der Waals surface area contributed by atoms with Crippen molar-refractivity contribution in [3.63, 3.8) is 0 Å². The maximum absolute atomic E-state index is 11.5. The fourth-order valence-corrected chi connectivity index (χ4v) is 1.19. The minimum atomic E-state index is -0.817. The molecule has 0 fully saturated rings. The van der Waals surface area contributed by atoms with Crippen LogP contribution in [-0.2, 0) is 4.79 Å². The first-order valence-corrected chi connectivity index (χ1v) is 5.09. The zero-order chi connectivity index (χ0) is 11.8. The van der Waals surface area contributed by atoms with Gasteiger partial charge in [-0.2, -0.15) is 0 Å². The second kappa shape index (κ2) is 6.61. The first-order valence-electron chi connectivity index (χ1n) is 5.09. The first kappa shape index (κ1) is 12.2. The summed E-state index contributed by atoms with van der Waals surface area (Å²) in [7, 11) is 0. The number of carboxylic acid groups (broad SMARTS) is 1. The standard InChI is InChI=1S/C12H14NO3/c14-11(15)8-4-5-9-13-12(16)10-6-2-1-3-7-10/h1-3,6-7,9H,4-5,8H2,(H,13,16)(H,14,15). The number of carboxylic acids is 1. The molecular weight excluding hydrogens is 206 g/mol. The van der Waals surface area contributed by atoms with Crippen molar-refractivity contribution in [1.82, 2.24) is 5.32 Å². The van der Waals surface area contributed by atoms with Gasteiger partial charge in [0.15, 0.2) is 0 Å². The molecule has 85 valence electrons. The van der Waals surface area contributed by atoms with Gasteiger partial charge in [-0.05, 0) is 25.0 Å². The summed E-state index contributed by atoms with van der Waals surface area (Å²) in [5, 5.41) is 11.0. The molecule has 0 aliphatic heterocycles. The molecular formula is C12H14NO3. The van der Waals surface area contributed by atoms with Crippen molar-refractivity contribution in [2.45, 2.75) is 19.3 Å². The largest absolute Gasteiger partial charge is 0.481 e. The molecule has 0 aromatic heterocycles. The summed E-state index contributed by atoms with van der Waals surface area (Å²) in [5.74, 6) is -0.987. The van der Waals surface area contributed by atoms with Crippen LogP contribution in [-0.4, -0.2) is 17.0 Å². The summed E-state index contributed by atoms with van der Waals surface area (Å²) in [6.45, 7) is 1.60. The molecule has 1 amide bonds. The summed E-state index contributed by atoms with van der Waals surface area (Å²) in [4.78, 5) is 21.7. The van der Waals surface area contributed by atoms with Crippen LogP contribution in [0.5, 0.6) is 0 Å². The number of amides is 1. The van der Waals surface area contributed by atoms with E-state index < -0.39 is 5.97 Å². The topological polar surface area (TPSA) is 66.4 Å². The highest BCUT2D eigenvalue weighted by atomic mass is 16.4. The molecule has 0 saturated heterocycles. The lowest BCUT2D eigenvalue weighted by atomic mass is 10.2. The number of carbonyl (C=O) groups excluding carboxylic acids is 1.